The SMILES string of the molecule is CC[C@H](C)NC(=O)[C@@H](C)N(Cc1ccc(Cl)cc1)C(=O)CN(c1ccc(Cl)cc1C)S(=O)(=O)c1ccc(C)cc1. The van der Waals surface area contributed by atoms with E-state index in [1.165, 1.54) is 17.0 Å². The zero-order chi connectivity index (χ0) is 29.6. The number of nitrogens with one attached hydrogen (secondary N) is 1. The summed E-state index contributed by atoms with van der Waals surface area (Å²) in [6.07, 6.45) is 0.724. The lowest BCUT2D eigenvalue weighted by Gasteiger charge is -2.33. The van der Waals surface area contributed by atoms with Crippen LogP contribution in [0.25, 0.3) is 0 Å². The molecule has 0 spiro atoms. The zero-order valence-electron chi connectivity index (χ0n) is 23.3. The van der Waals surface area contributed by atoms with Crippen LogP contribution in [-0.2, 0) is 26.2 Å². The molecule has 7 nitrogen and oxygen atoms in total. The number of aryl methyl sites for hydroxylation is 2. The Bertz CT molecular complexity index is 1440. The fraction of sp³-hybridized carbons (Fsp3) is 0.333. The number of carbonyl (C=O) groups excluding carboxylic acids is 2. The van der Waals surface area contributed by atoms with Crippen molar-refractivity contribution in [3.8, 4) is 0 Å². The highest BCUT2D eigenvalue weighted by Gasteiger charge is 2.33. The minimum atomic E-state index is -4.16. The molecular weight excluding hydrogens is 569 g/mol. The Labute approximate surface area is 247 Å². The predicted octanol–water partition coefficient (Wildman–Crippen LogP) is 6.14. The monoisotopic (exact) mass is 603 g/mol. The molecule has 0 radical (unpaired) electrons. The summed E-state index contributed by atoms with van der Waals surface area (Å²) in [4.78, 5) is 28.6. The van der Waals surface area contributed by atoms with Crippen molar-refractivity contribution in [2.75, 3.05) is 10.8 Å². The molecule has 0 heterocycles. The lowest BCUT2D eigenvalue weighted by molar-refractivity contribution is -0.139. The van der Waals surface area contributed by atoms with Gasteiger partial charge >= 0.3 is 0 Å². The van der Waals surface area contributed by atoms with Crippen LogP contribution >= 0.6 is 23.2 Å². The Hall–Kier alpha value is -3.07. The first-order valence-electron chi connectivity index (χ1n) is 13.0. The van der Waals surface area contributed by atoms with Crippen LogP contribution in [0, 0.1) is 13.8 Å². The van der Waals surface area contributed by atoms with Gasteiger partial charge in [0.1, 0.15) is 12.6 Å². The van der Waals surface area contributed by atoms with Gasteiger partial charge in [0.05, 0.1) is 10.6 Å². The van der Waals surface area contributed by atoms with Gasteiger partial charge in [0.2, 0.25) is 11.8 Å². The van der Waals surface area contributed by atoms with Gasteiger partial charge in [-0.3, -0.25) is 13.9 Å². The van der Waals surface area contributed by atoms with Gasteiger partial charge in [-0.15, -0.1) is 0 Å². The highest BCUT2D eigenvalue weighted by Crippen LogP contribution is 2.29. The fourth-order valence-corrected chi connectivity index (χ4v) is 5.92. The minimum Gasteiger partial charge on any atom is -0.352 e. The van der Waals surface area contributed by atoms with Crippen LogP contribution in [0.1, 0.15) is 43.9 Å². The number of hydrogen-bond acceptors (Lipinski definition) is 4. The maximum absolute atomic E-state index is 14.0. The zero-order valence-corrected chi connectivity index (χ0v) is 25.6. The number of carbonyl (C=O) groups is 2. The van der Waals surface area contributed by atoms with Crippen LogP contribution < -0.4 is 9.62 Å². The Kier molecular flexibility index (Phi) is 10.6. The van der Waals surface area contributed by atoms with Crippen LogP contribution in [0.15, 0.2) is 71.6 Å². The number of hydrogen-bond donors (Lipinski definition) is 1. The highest BCUT2D eigenvalue weighted by atomic mass is 35.5. The van der Waals surface area contributed by atoms with Gasteiger partial charge in [0.15, 0.2) is 0 Å². The number of amides is 2. The van der Waals surface area contributed by atoms with Crippen LogP contribution in [0.3, 0.4) is 0 Å². The molecule has 2 amide bonds. The lowest BCUT2D eigenvalue weighted by Crippen LogP contribution is -2.52. The first-order chi connectivity index (χ1) is 18.8. The van der Waals surface area contributed by atoms with Crippen molar-refractivity contribution in [3.63, 3.8) is 0 Å². The van der Waals surface area contributed by atoms with E-state index in [9.17, 15) is 18.0 Å². The van der Waals surface area contributed by atoms with E-state index < -0.39 is 28.5 Å². The van der Waals surface area contributed by atoms with E-state index in [1.807, 2.05) is 20.8 Å². The van der Waals surface area contributed by atoms with Crippen molar-refractivity contribution < 1.29 is 18.0 Å². The van der Waals surface area contributed by atoms with Crippen LogP contribution in [0.2, 0.25) is 10.0 Å². The van der Waals surface area contributed by atoms with E-state index >= 15 is 0 Å². The van der Waals surface area contributed by atoms with E-state index in [0.29, 0.717) is 21.3 Å². The molecule has 40 heavy (non-hydrogen) atoms. The molecule has 3 aromatic carbocycles. The Balaban J connectivity index is 2.05. The third kappa shape index (κ3) is 7.77. The maximum Gasteiger partial charge on any atom is 0.264 e. The quantitative estimate of drug-likeness (QED) is 0.285. The summed E-state index contributed by atoms with van der Waals surface area (Å²) in [5.74, 6) is -0.862. The number of anilines is 1. The molecule has 10 heteroatoms. The maximum atomic E-state index is 14.0. The molecule has 1 N–H and O–H groups in total. The Morgan fingerprint density at radius 1 is 0.900 bits per heavy atom. The third-order valence-electron chi connectivity index (χ3n) is 6.75. The summed E-state index contributed by atoms with van der Waals surface area (Å²) in [5.41, 5.74) is 2.56. The van der Waals surface area contributed by atoms with Crippen LogP contribution in [0.4, 0.5) is 5.69 Å². The highest BCUT2D eigenvalue weighted by molar-refractivity contribution is 7.92. The molecule has 2 atom stereocenters. The van der Waals surface area contributed by atoms with E-state index in [4.69, 9.17) is 23.2 Å². The number of sulfonamides is 1. The smallest absolute Gasteiger partial charge is 0.264 e. The molecule has 0 saturated carbocycles. The average Bonchev–Trinajstić information content (AvgIpc) is 2.91. The molecule has 0 aromatic heterocycles. The second-order valence-electron chi connectivity index (χ2n) is 9.90. The van der Waals surface area contributed by atoms with E-state index in [-0.39, 0.29) is 23.4 Å². The molecule has 0 aliphatic rings. The van der Waals surface area contributed by atoms with Crippen molar-refractivity contribution in [3.05, 3.63) is 93.5 Å². The molecule has 3 aromatic rings. The lowest BCUT2D eigenvalue weighted by atomic mass is 10.1. The van der Waals surface area contributed by atoms with E-state index in [2.05, 4.69) is 5.32 Å². The van der Waals surface area contributed by atoms with Gasteiger partial charge in [-0.25, -0.2) is 8.42 Å². The number of halogens is 2. The summed E-state index contributed by atoms with van der Waals surface area (Å²) in [6, 6.07) is 17.2. The second-order valence-corrected chi connectivity index (χ2v) is 12.6. The summed E-state index contributed by atoms with van der Waals surface area (Å²) in [6.45, 7) is 8.64. The molecule has 214 valence electrons. The molecule has 0 saturated heterocycles. The molecule has 0 unspecified atom stereocenters. The first-order valence-corrected chi connectivity index (χ1v) is 15.2. The summed E-state index contributed by atoms with van der Waals surface area (Å²) < 4.78 is 29.0. The summed E-state index contributed by atoms with van der Waals surface area (Å²) >= 11 is 12.2. The largest absolute Gasteiger partial charge is 0.352 e. The van der Waals surface area contributed by atoms with Crippen LogP contribution in [-0.4, -0.2) is 43.8 Å². The molecule has 0 bridgehead atoms. The van der Waals surface area contributed by atoms with Gasteiger partial charge in [0.25, 0.3) is 10.0 Å². The van der Waals surface area contributed by atoms with Crippen molar-refractivity contribution >= 4 is 50.7 Å². The Morgan fingerprint density at radius 2 is 1.50 bits per heavy atom. The van der Waals surface area contributed by atoms with Crippen molar-refractivity contribution in [2.24, 2.45) is 0 Å². The van der Waals surface area contributed by atoms with Crippen molar-refractivity contribution in [1.82, 2.24) is 10.2 Å². The molecular formula is C30H35Cl2N3O4S. The van der Waals surface area contributed by atoms with Gasteiger partial charge in [-0.2, -0.15) is 0 Å². The topological polar surface area (TPSA) is 86.8 Å². The van der Waals surface area contributed by atoms with Crippen molar-refractivity contribution in [2.45, 2.75) is 64.6 Å². The fourth-order valence-electron chi connectivity index (χ4n) is 4.08. The predicted molar refractivity (Wildman–Crippen MR) is 161 cm³/mol. The van der Waals surface area contributed by atoms with Crippen LogP contribution in [0.5, 0.6) is 0 Å². The van der Waals surface area contributed by atoms with Gasteiger partial charge < -0.3 is 10.2 Å². The summed E-state index contributed by atoms with van der Waals surface area (Å²) in [5, 5.41) is 3.90. The molecule has 0 aliphatic carbocycles. The van der Waals surface area contributed by atoms with E-state index in [0.717, 1.165) is 21.9 Å². The van der Waals surface area contributed by atoms with Gasteiger partial charge in [-0.1, -0.05) is 60.0 Å². The second kappa shape index (κ2) is 13.5. The molecule has 0 fully saturated rings. The normalized spacial score (nSPS) is 12.9. The first kappa shape index (κ1) is 31.5. The van der Waals surface area contributed by atoms with Gasteiger partial charge in [-0.05, 0) is 87.7 Å². The number of nitrogens with zero attached hydrogens (tertiary/aromatic N) is 2. The standard InChI is InChI=1S/C30H35Cl2N3O4S/c1-6-22(4)33-30(37)23(5)34(18-24-9-11-25(31)12-10-24)29(36)19-35(28-16-13-26(32)17-21(28)3)40(38,39)27-14-7-20(2)8-15-27/h7-17,22-23H,6,18-19H2,1-5H3,(H,33,37)/t22-,23+/m0/s1. The van der Waals surface area contributed by atoms with Gasteiger partial charge in [0, 0.05) is 22.6 Å². The third-order valence-corrected chi connectivity index (χ3v) is 9.01. The Morgan fingerprint density at radius 3 is 2.08 bits per heavy atom. The van der Waals surface area contributed by atoms with Crippen molar-refractivity contribution in [1.29, 1.82) is 0 Å². The average molecular weight is 605 g/mol. The molecule has 0 aliphatic heterocycles. The number of benzene rings is 3. The van der Waals surface area contributed by atoms with E-state index in [1.54, 1.807) is 68.4 Å². The molecule has 3 rings (SSSR count). The number of rotatable bonds is 11. The summed E-state index contributed by atoms with van der Waals surface area (Å²) in [7, 11) is -4.16. The minimum absolute atomic E-state index is 0.0482.